The highest BCUT2D eigenvalue weighted by atomic mass is 35.5. The fraction of sp³-hybridized carbons (Fsp3) is 0.391. The minimum atomic E-state index is -0.523. The molecule has 0 spiro atoms. The van der Waals surface area contributed by atoms with Gasteiger partial charge in [-0.2, -0.15) is 0 Å². The molecule has 2 amide bonds. The van der Waals surface area contributed by atoms with Crippen LogP contribution in [0.2, 0.25) is 5.02 Å². The van der Waals surface area contributed by atoms with E-state index in [0.29, 0.717) is 23.9 Å². The van der Waals surface area contributed by atoms with E-state index in [-0.39, 0.29) is 11.8 Å². The van der Waals surface area contributed by atoms with Crippen molar-refractivity contribution in [2.75, 3.05) is 12.3 Å². The predicted octanol–water partition coefficient (Wildman–Crippen LogP) is 4.83. The van der Waals surface area contributed by atoms with Crippen LogP contribution in [0.4, 0.5) is 0 Å². The number of aryl methyl sites for hydroxylation is 1. The van der Waals surface area contributed by atoms with E-state index in [2.05, 4.69) is 11.4 Å². The van der Waals surface area contributed by atoms with Crippen LogP contribution in [-0.4, -0.2) is 35.1 Å². The maximum atomic E-state index is 13.0. The fourth-order valence-electron chi connectivity index (χ4n) is 2.91. The molecule has 0 heterocycles. The Morgan fingerprint density at radius 3 is 2.52 bits per heavy atom. The normalized spacial score (nSPS) is 11.7. The van der Waals surface area contributed by atoms with Crippen LogP contribution in [0.3, 0.4) is 0 Å². The second-order valence-corrected chi connectivity index (χ2v) is 8.52. The highest BCUT2D eigenvalue weighted by Crippen LogP contribution is 2.18. The van der Waals surface area contributed by atoms with Gasteiger partial charge in [-0.15, -0.1) is 11.8 Å². The summed E-state index contributed by atoms with van der Waals surface area (Å²) in [6.45, 7) is 6.86. The molecule has 0 radical (unpaired) electrons. The van der Waals surface area contributed by atoms with Crippen LogP contribution in [-0.2, 0) is 21.9 Å². The van der Waals surface area contributed by atoms with E-state index >= 15 is 0 Å². The van der Waals surface area contributed by atoms with Gasteiger partial charge in [0.05, 0.1) is 5.75 Å². The molecule has 0 bridgehead atoms. The number of thioether (sulfide) groups is 1. The Labute approximate surface area is 183 Å². The van der Waals surface area contributed by atoms with E-state index in [1.807, 2.05) is 56.3 Å². The molecule has 0 fully saturated rings. The van der Waals surface area contributed by atoms with Crippen molar-refractivity contribution in [1.82, 2.24) is 10.2 Å². The number of nitrogens with one attached hydrogen (secondary N) is 1. The van der Waals surface area contributed by atoms with Crippen LogP contribution < -0.4 is 5.32 Å². The first-order chi connectivity index (χ1) is 13.9. The molecular formula is C23H29ClN2O2S. The molecule has 0 aliphatic carbocycles. The molecule has 0 aromatic heterocycles. The number of halogens is 1. The van der Waals surface area contributed by atoms with Crippen molar-refractivity contribution in [2.24, 2.45) is 0 Å². The molecule has 156 valence electrons. The molecule has 2 rings (SSSR count). The zero-order chi connectivity index (χ0) is 21.2. The molecule has 0 aliphatic rings. The van der Waals surface area contributed by atoms with Gasteiger partial charge in [0.15, 0.2) is 0 Å². The average molecular weight is 433 g/mol. The van der Waals surface area contributed by atoms with Crippen LogP contribution in [0.1, 0.15) is 37.0 Å². The van der Waals surface area contributed by atoms with Crippen molar-refractivity contribution < 1.29 is 9.59 Å². The first-order valence-electron chi connectivity index (χ1n) is 9.85. The van der Waals surface area contributed by atoms with Gasteiger partial charge in [-0.05, 0) is 43.5 Å². The van der Waals surface area contributed by atoms with E-state index in [4.69, 9.17) is 11.6 Å². The number of nitrogens with zero attached hydrogens (tertiary/aromatic N) is 1. The number of carbonyl (C=O) groups excluding carboxylic acids is 2. The Balaban J connectivity index is 2.04. The Kier molecular flexibility index (Phi) is 9.55. The number of hydrogen-bond donors (Lipinski definition) is 1. The van der Waals surface area contributed by atoms with E-state index in [1.165, 1.54) is 0 Å². The number of rotatable bonds is 10. The number of amides is 2. The lowest BCUT2D eigenvalue weighted by Gasteiger charge is -2.29. The molecule has 6 heteroatoms. The molecule has 0 saturated heterocycles. The zero-order valence-corrected chi connectivity index (χ0v) is 18.9. The molecule has 4 nitrogen and oxygen atoms in total. The minimum Gasteiger partial charge on any atom is -0.354 e. The Morgan fingerprint density at radius 1 is 1.14 bits per heavy atom. The number of carbonyl (C=O) groups is 2. The number of benzene rings is 2. The van der Waals surface area contributed by atoms with Crippen LogP contribution in [0, 0.1) is 6.92 Å². The Morgan fingerprint density at radius 2 is 1.86 bits per heavy atom. The van der Waals surface area contributed by atoms with Crippen LogP contribution in [0.15, 0.2) is 48.5 Å². The summed E-state index contributed by atoms with van der Waals surface area (Å²) in [5, 5.41) is 3.60. The summed E-state index contributed by atoms with van der Waals surface area (Å²) in [5.74, 6) is 0.887. The Bertz CT molecular complexity index is 811. The third kappa shape index (κ3) is 7.75. The second-order valence-electron chi connectivity index (χ2n) is 7.10. The highest BCUT2D eigenvalue weighted by molar-refractivity contribution is 7.99. The van der Waals surface area contributed by atoms with E-state index in [1.54, 1.807) is 23.6 Å². The molecule has 2 aromatic carbocycles. The smallest absolute Gasteiger partial charge is 0.242 e. The lowest BCUT2D eigenvalue weighted by Crippen LogP contribution is -2.48. The molecular weight excluding hydrogens is 404 g/mol. The van der Waals surface area contributed by atoms with Gasteiger partial charge in [-0.1, -0.05) is 60.5 Å². The minimum absolute atomic E-state index is 0.0374. The van der Waals surface area contributed by atoms with Crippen LogP contribution in [0.25, 0.3) is 0 Å². The van der Waals surface area contributed by atoms with Crippen molar-refractivity contribution in [3.8, 4) is 0 Å². The predicted molar refractivity (Wildman–Crippen MR) is 122 cm³/mol. The van der Waals surface area contributed by atoms with Crippen molar-refractivity contribution in [3.05, 3.63) is 70.2 Å². The number of hydrogen-bond acceptors (Lipinski definition) is 3. The second kappa shape index (κ2) is 11.9. The standard InChI is InChI=1S/C23H29ClN2O2S/c1-4-12-25-23(28)18(3)26(14-20-7-5-6-17(2)13-20)22(27)16-29-15-19-8-10-21(24)11-9-19/h5-11,13,18H,4,12,14-16H2,1-3H3,(H,25,28)/t18-/m0/s1. The third-order valence-corrected chi connectivity index (χ3v) is 5.80. The lowest BCUT2D eigenvalue weighted by molar-refractivity contribution is -0.138. The fourth-order valence-corrected chi connectivity index (χ4v) is 3.90. The largest absolute Gasteiger partial charge is 0.354 e. The molecule has 0 saturated carbocycles. The lowest BCUT2D eigenvalue weighted by atomic mass is 10.1. The van der Waals surface area contributed by atoms with E-state index in [9.17, 15) is 9.59 Å². The third-order valence-electron chi connectivity index (χ3n) is 4.56. The molecule has 0 aliphatic heterocycles. The van der Waals surface area contributed by atoms with Gasteiger partial charge in [-0.3, -0.25) is 9.59 Å². The van der Waals surface area contributed by atoms with Gasteiger partial charge in [0.2, 0.25) is 11.8 Å². The van der Waals surface area contributed by atoms with Gasteiger partial charge in [0.25, 0.3) is 0 Å². The van der Waals surface area contributed by atoms with Crippen LogP contribution in [0.5, 0.6) is 0 Å². The van der Waals surface area contributed by atoms with Crippen LogP contribution >= 0.6 is 23.4 Å². The highest BCUT2D eigenvalue weighted by Gasteiger charge is 2.25. The summed E-state index contributed by atoms with van der Waals surface area (Å²) in [6.07, 6.45) is 0.862. The van der Waals surface area contributed by atoms with Gasteiger partial charge in [0, 0.05) is 23.9 Å². The maximum Gasteiger partial charge on any atom is 0.242 e. The van der Waals surface area contributed by atoms with Gasteiger partial charge in [-0.25, -0.2) is 0 Å². The molecule has 0 unspecified atom stereocenters. The summed E-state index contributed by atoms with van der Waals surface area (Å²) >= 11 is 7.46. The van der Waals surface area contributed by atoms with Crippen molar-refractivity contribution in [1.29, 1.82) is 0 Å². The first kappa shape index (κ1) is 23.3. The maximum absolute atomic E-state index is 13.0. The quantitative estimate of drug-likeness (QED) is 0.585. The average Bonchev–Trinajstić information content (AvgIpc) is 2.71. The zero-order valence-electron chi connectivity index (χ0n) is 17.3. The van der Waals surface area contributed by atoms with E-state index in [0.717, 1.165) is 28.9 Å². The SMILES string of the molecule is CCCNC(=O)[C@H](C)N(Cc1cccc(C)c1)C(=O)CSCc1ccc(Cl)cc1. The van der Waals surface area contributed by atoms with Crippen molar-refractivity contribution in [3.63, 3.8) is 0 Å². The monoisotopic (exact) mass is 432 g/mol. The van der Waals surface area contributed by atoms with Gasteiger partial charge < -0.3 is 10.2 Å². The summed E-state index contributed by atoms with van der Waals surface area (Å²) in [7, 11) is 0. The Hall–Kier alpha value is -1.98. The van der Waals surface area contributed by atoms with Gasteiger partial charge in [0.1, 0.15) is 6.04 Å². The van der Waals surface area contributed by atoms with Gasteiger partial charge >= 0.3 is 0 Å². The summed E-state index contributed by atoms with van der Waals surface area (Å²) in [4.78, 5) is 27.2. The summed E-state index contributed by atoms with van der Waals surface area (Å²) in [6, 6.07) is 15.1. The van der Waals surface area contributed by atoms with Crippen molar-refractivity contribution >= 4 is 35.2 Å². The first-order valence-corrected chi connectivity index (χ1v) is 11.4. The van der Waals surface area contributed by atoms with Crippen molar-refractivity contribution in [2.45, 2.75) is 45.5 Å². The summed E-state index contributed by atoms with van der Waals surface area (Å²) < 4.78 is 0. The van der Waals surface area contributed by atoms with E-state index < -0.39 is 6.04 Å². The summed E-state index contributed by atoms with van der Waals surface area (Å²) in [5.41, 5.74) is 3.28. The topological polar surface area (TPSA) is 49.4 Å². The molecule has 2 aromatic rings. The molecule has 1 N–H and O–H groups in total. The molecule has 29 heavy (non-hydrogen) atoms. The molecule has 1 atom stereocenters.